The van der Waals surface area contributed by atoms with E-state index in [-0.39, 0.29) is 5.91 Å². The van der Waals surface area contributed by atoms with Gasteiger partial charge < -0.3 is 0 Å². The molecule has 29 heavy (non-hydrogen) atoms. The van der Waals surface area contributed by atoms with E-state index in [1.807, 2.05) is 91.9 Å². The summed E-state index contributed by atoms with van der Waals surface area (Å²) in [5.41, 5.74) is 7.39. The minimum absolute atomic E-state index is 0.266. The number of halogens is 1. The van der Waals surface area contributed by atoms with Crippen molar-refractivity contribution in [1.82, 2.24) is 10.4 Å². The molecule has 0 atom stereocenters. The lowest BCUT2D eigenvalue weighted by Gasteiger charge is -2.09. The number of nitrogens with one attached hydrogen (secondary N) is 1. The molecule has 0 saturated carbocycles. The Morgan fingerprint density at radius 3 is 2.38 bits per heavy atom. The molecule has 1 aromatic heterocycles. The summed E-state index contributed by atoms with van der Waals surface area (Å²) in [4.78, 5) is 17.7. The van der Waals surface area contributed by atoms with Crippen molar-refractivity contribution in [3.8, 4) is 11.3 Å². The Labute approximate surface area is 177 Å². The van der Waals surface area contributed by atoms with Crippen molar-refractivity contribution in [1.29, 1.82) is 0 Å². The maximum absolute atomic E-state index is 13.0. The second-order valence-electron chi connectivity index (χ2n) is 6.58. The van der Waals surface area contributed by atoms with Gasteiger partial charge in [-0.25, -0.2) is 10.4 Å². The summed E-state index contributed by atoms with van der Waals surface area (Å²) in [5.74, 6) is -0.266. The number of nitrogens with zero attached hydrogens (tertiary/aromatic N) is 2. The lowest BCUT2D eigenvalue weighted by atomic mass is 10.0. The Morgan fingerprint density at radius 1 is 0.931 bits per heavy atom. The van der Waals surface area contributed by atoms with Gasteiger partial charge in [0.15, 0.2) is 0 Å². The molecule has 0 aliphatic carbocycles. The normalized spacial score (nSPS) is 11.4. The maximum Gasteiger partial charge on any atom is 0.272 e. The topological polar surface area (TPSA) is 54.4 Å². The van der Waals surface area contributed by atoms with Crippen molar-refractivity contribution in [2.45, 2.75) is 6.92 Å². The molecule has 0 aliphatic heterocycles. The van der Waals surface area contributed by atoms with Gasteiger partial charge in [-0.15, -0.1) is 0 Å². The van der Waals surface area contributed by atoms with Gasteiger partial charge in [-0.3, -0.25) is 4.79 Å². The van der Waals surface area contributed by atoms with E-state index >= 15 is 0 Å². The number of benzene rings is 3. The predicted octanol–water partition coefficient (Wildman–Crippen LogP) is 5.82. The molecule has 4 aromatic rings. The molecule has 0 bridgehead atoms. The third-order valence-electron chi connectivity index (χ3n) is 4.62. The maximum atomic E-state index is 13.0. The molecule has 1 heterocycles. The van der Waals surface area contributed by atoms with Crippen LogP contribution in [0.25, 0.3) is 22.2 Å². The highest BCUT2D eigenvalue weighted by atomic mass is 79.9. The number of carbonyl (C=O) groups is 1. The molecule has 0 fully saturated rings. The summed E-state index contributed by atoms with van der Waals surface area (Å²) in [7, 11) is 0. The molecule has 142 valence electrons. The second-order valence-corrected chi connectivity index (χ2v) is 7.50. The predicted molar refractivity (Wildman–Crippen MR) is 121 cm³/mol. The van der Waals surface area contributed by atoms with E-state index in [2.05, 4.69) is 26.5 Å². The lowest BCUT2D eigenvalue weighted by molar-refractivity contribution is 0.0956. The van der Waals surface area contributed by atoms with E-state index in [1.54, 1.807) is 0 Å². The highest BCUT2D eigenvalue weighted by Crippen LogP contribution is 2.24. The molecule has 0 spiro atoms. The van der Waals surface area contributed by atoms with Gasteiger partial charge in [0.25, 0.3) is 5.91 Å². The van der Waals surface area contributed by atoms with Crippen molar-refractivity contribution in [2.24, 2.45) is 5.10 Å². The second kappa shape index (κ2) is 8.37. The van der Waals surface area contributed by atoms with E-state index in [0.717, 1.165) is 37.9 Å². The van der Waals surface area contributed by atoms with Crippen LogP contribution < -0.4 is 5.43 Å². The van der Waals surface area contributed by atoms with Crippen molar-refractivity contribution in [2.75, 3.05) is 0 Å². The summed E-state index contributed by atoms with van der Waals surface area (Å²) in [6, 6.07) is 27.1. The first-order chi connectivity index (χ1) is 14.1. The molecule has 0 saturated heterocycles. The average Bonchev–Trinajstić information content (AvgIpc) is 2.77. The molecule has 3 aromatic carbocycles. The fraction of sp³-hybridized carbons (Fsp3) is 0.0417. The van der Waals surface area contributed by atoms with E-state index in [0.29, 0.717) is 5.56 Å². The number of aromatic nitrogens is 1. The Kier molecular flexibility index (Phi) is 5.49. The monoisotopic (exact) mass is 443 g/mol. The number of fused-ring (bicyclic) bond motifs is 1. The van der Waals surface area contributed by atoms with Crippen LogP contribution in [0.15, 0.2) is 94.5 Å². The van der Waals surface area contributed by atoms with Gasteiger partial charge in [-0.1, -0.05) is 76.6 Å². The Morgan fingerprint density at radius 2 is 1.62 bits per heavy atom. The van der Waals surface area contributed by atoms with Crippen molar-refractivity contribution < 1.29 is 4.79 Å². The van der Waals surface area contributed by atoms with Crippen LogP contribution in [-0.2, 0) is 0 Å². The fourth-order valence-corrected chi connectivity index (χ4v) is 3.33. The van der Waals surface area contributed by atoms with Gasteiger partial charge in [-0.2, -0.15) is 5.10 Å². The standard InChI is InChI=1S/C24H18BrN3O/c1-16(17-11-13-19(25)14-12-17)27-28-24(29)21-15-23(18-7-3-2-4-8-18)26-22-10-6-5-9-20(21)22/h2-15H,1H3,(H,28,29). The van der Waals surface area contributed by atoms with Crippen LogP contribution in [0.3, 0.4) is 0 Å². The van der Waals surface area contributed by atoms with E-state index in [9.17, 15) is 4.79 Å². The summed E-state index contributed by atoms with van der Waals surface area (Å²) >= 11 is 3.42. The highest BCUT2D eigenvalue weighted by Gasteiger charge is 2.13. The van der Waals surface area contributed by atoms with Crippen LogP contribution in [0, 0.1) is 0 Å². The minimum atomic E-state index is -0.266. The number of para-hydroxylation sites is 1. The zero-order valence-corrected chi connectivity index (χ0v) is 17.3. The first kappa shape index (κ1) is 19.0. The van der Waals surface area contributed by atoms with Crippen LogP contribution in [-0.4, -0.2) is 16.6 Å². The lowest BCUT2D eigenvalue weighted by Crippen LogP contribution is -2.20. The Balaban J connectivity index is 1.69. The van der Waals surface area contributed by atoms with E-state index < -0.39 is 0 Å². The Bertz CT molecular complexity index is 1200. The molecule has 1 amide bonds. The molecular formula is C24H18BrN3O. The molecular weight excluding hydrogens is 426 g/mol. The number of pyridine rings is 1. The molecule has 5 heteroatoms. The molecule has 0 aliphatic rings. The first-order valence-corrected chi connectivity index (χ1v) is 9.97. The van der Waals surface area contributed by atoms with Gasteiger partial charge in [-0.05, 0) is 36.8 Å². The van der Waals surface area contributed by atoms with Crippen molar-refractivity contribution in [3.63, 3.8) is 0 Å². The van der Waals surface area contributed by atoms with Crippen LogP contribution in [0.1, 0.15) is 22.8 Å². The average molecular weight is 444 g/mol. The smallest absolute Gasteiger partial charge is 0.267 e. The molecule has 0 radical (unpaired) electrons. The molecule has 1 N–H and O–H groups in total. The quantitative estimate of drug-likeness (QED) is 0.319. The summed E-state index contributed by atoms with van der Waals surface area (Å²) < 4.78 is 0.995. The zero-order valence-electron chi connectivity index (χ0n) is 15.8. The molecule has 0 unspecified atom stereocenters. The van der Waals surface area contributed by atoms with Crippen LogP contribution in [0.4, 0.5) is 0 Å². The third-order valence-corrected chi connectivity index (χ3v) is 5.15. The van der Waals surface area contributed by atoms with Crippen molar-refractivity contribution >= 4 is 38.5 Å². The number of rotatable bonds is 4. The number of carbonyl (C=O) groups excluding carboxylic acids is 1. The minimum Gasteiger partial charge on any atom is -0.267 e. The summed E-state index contributed by atoms with van der Waals surface area (Å²) in [5, 5.41) is 5.08. The number of amides is 1. The third kappa shape index (κ3) is 4.25. The van der Waals surface area contributed by atoms with Crippen LogP contribution in [0.2, 0.25) is 0 Å². The molecule has 4 nitrogen and oxygen atoms in total. The zero-order chi connectivity index (χ0) is 20.2. The van der Waals surface area contributed by atoms with E-state index in [1.165, 1.54) is 0 Å². The van der Waals surface area contributed by atoms with Gasteiger partial charge in [0.1, 0.15) is 0 Å². The van der Waals surface area contributed by atoms with E-state index in [4.69, 9.17) is 4.98 Å². The largest absolute Gasteiger partial charge is 0.272 e. The van der Waals surface area contributed by atoms with Gasteiger partial charge in [0.05, 0.1) is 22.5 Å². The summed E-state index contributed by atoms with van der Waals surface area (Å²) in [6.45, 7) is 1.86. The number of hydrogen-bond donors (Lipinski definition) is 1. The van der Waals surface area contributed by atoms with Crippen molar-refractivity contribution in [3.05, 3.63) is 101 Å². The molecule has 4 rings (SSSR count). The number of hydrogen-bond acceptors (Lipinski definition) is 3. The van der Waals surface area contributed by atoms with Gasteiger partial charge >= 0.3 is 0 Å². The number of hydrazone groups is 1. The van der Waals surface area contributed by atoms with Crippen LogP contribution in [0.5, 0.6) is 0 Å². The van der Waals surface area contributed by atoms with Crippen LogP contribution >= 0.6 is 15.9 Å². The SMILES string of the molecule is CC(=NNC(=O)c1cc(-c2ccccc2)nc2ccccc12)c1ccc(Br)cc1. The summed E-state index contributed by atoms with van der Waals surface area (Å²) in [6.07, 6.45) is 0. The van der Waals surface area contributed by atoms with Gasteiger partial charge in [0.2, 0.25) is 0 Å². The Hall–Kier alpha value is -3.31. The fourth-order valence-electron chi connectivity index (χ4n) is 3.07. The van der Waals surface area contributed by atoms with Gasteiger partial charge in [0, 0.05) is 15.4 Å². The first-order valence-electron chi connectivity index (χ1n) is 9.17. The highest BCUT2D eigenvalue weighted by molar-refractivity contribution is 9.10.